The molecule has 0 unspecified atom stereocenters. The smallest absolute Gasteiger partial charge is 0.152 e. The first kappa shape index (κ1) is 13.5. The molecule has 2 rings (SSSR count). The first-order valence-corrected chi connectivity index (χ1v) is 6.23. The Morgan fingerprint density at radius 3 is 2.63 bits per heavy atom. The van der Waals surface area contributed by atoms with Crippen molar-refractivity contribution in [3.63, 3.8) is 0 Å². The van der Waals surface area contributed by atoms with Gasteiger partial charge in [0.15, 0.2) is 5.82 Å². The molecule has 0 spiro atoms. The third-order valence-corrected chi connectivity index (χ3v) is 3.14. The van der Waals surface area contributed by atoms with E-state index in [1.165, 1.54) is 12.1 Å². The number of nitriles is 1. The topological polar surface area (TPSA) is 35.8 Å². The lowest BCUT2D eigenvalue weighted by Gasteiger charge is -2.11. The van der Waals surface area contributed by atoms with Gasteiger partial charge in [-0.15, -0.1) is 0 Å². The molecule has 0 aliphatic heterocycles. The molecule has 0 heterocycles. The number of nitrogens with zero attached hydrogens (tertiary/aromatic N) is 1. The van der Waals surface area contributed by atoms with Gasteiger partial charge in [0.05, 0.1) is 11.3 Å². The fraction of sp³-hybridized carbons (Fsp3) is 0.0714. The van der Waals surface area contributed by atoms with Gasteiger partial charge in [-0.1, -0.05) is 22.0 Å². The van der Waals surface area contributed by atoms with Crippen molar-refractivity contribution >= 4 is 27.3 Å². The minimum atomic E-state index is -0.699. The van der Waals surface area contributed by atoms with Crippen molar-refractivity contribution in [2.75, 3.05) is 5.32 Å². The van der Waals surface area contributed by atoms with Crippen molar-refractivity contribution in [2.24, 2.45) is 0 Å². The summed E-state index contributed by atoms with van der Waals surface area (Å²) >= 11 is 3.24. The van der Waals surface area contributed by atoms with Gasteiger partial charge in [-0.05, 0) is 36.8 Å². The van der Waals surface area contributed by atoms with E-state index in [1.54, 1.807) is 25.1 Å². The number of halogens is 3. The Balaban J connectivity index is 2.48. The fourth-order valence-corrected chi connectivity index (χ4v) is 1.98. The van der Waals surface area contributed by atoms with Crippen molar-refractivity contribution in [1.82, 2.24) is 0 Å². The molecule has 0 aliphatic rings. The van der Waals surface area contributed by atoms with Crippen LogP contribution in [-0.2, 0) is 0 Å². The number of nitrogens with one attached hydrogen (secondary N) is 1. The molecule has 2 aromatic rings. The third kappa shape index (κ3) is 2.74. The zero-order chi connectivity index (χ0) is 14.0. The average molecular weight is 323 g/mol. The van der Waals surface area contributed by atoms with Crippen LogP contribution in [-0.4, -0.2) is 0 Å². The highest BCUT2D eigenvalue weighted by atomic mass is 79.9. The number of aryl methyl sites for hydroxylation is 1. The van der Waals surface area contributed by atoms with E-state index in [0.717, 1.165) is 4.47 Å². The largest absolute Gasteiger partial charge is 0.350 e. The summed E-state index contributed by atoms with van der Waals surface area (Å²) in [5.41, 5.74) is 0.738. The van der Waals surface area contributed by atoms with Gasteiger partial charge in [-0.25, -0.2) is 8.78 Å². The molecular formula is C14H9BrF2N2. The van der Waals surface area contributed by atoms with Crippen LogP contribution in [0, 0.1) is 29.9 Å². The van der Waals surface area contributed by atoms with E-state index in [9.17, 15) is 8.78 Å². The molecule has 2 nitrogen and oxygen atoms in total. The molecule has 0 saturated carbocycles. The Bertz CT molecular complexity index is 678. The van der Waals surface area contributed by atoms with Crippen molar-refractivity contribution in [1.29, 1.82) is 5.26 Å². The van der Waals surface area contributed by atoms with Crippen LogP contribution in [0.2, 0.25) is 0 Å². The van der Waals surface area contributed by atoms with Gasteiger partial charge in [-0.3, -0.25) is 0 Å². The highest BCUT2D eigenvalue weighted by Gasteiger charge is 2.13. The van der Waals surface area contributed by atoms with Gasteiger partial charge in [0.1, 0.15) is 17.6 Å². The maximum atomic E-state index is 13.9. The normalized spacial score (nSPS) is 10.1. The predicted octanol–water partition coefficient (Wildman–Crippen LogP) is 4.65. The maximum Gasteiger partial charge on any atom is 0.152 e. The summed E-state index contributed by atoms with van der Waals surface area (Å²) in [6.45, 7) is 1.55. The second kappa shape index (κ2) is 5.37. The SMILES string of the molecule is Cc1ccc(F)c(Nc2ccc(Br)cc2C#N)c1F. The molecule has 0 bridgehead atoms. The summed E-state index contributed by atoms with van der Waals surface area (Å²) in [4.78, 5) is 0. The minimum Gasteiger partial charge on any atom is -0.350 e. The number of hydrogen-bond acceptors (Lipinski definition) is 2. The Morgan fingerprint density at radius 2 is 1.95 bits per heavy atom. The number of anilines is 2. The molecule has 0 atom stereocenters. The molecule has 5 heteroatoms. The third-order valence-electron chi connectivity index (χ3n) is 2.65. The summed E-state index contributed by atoms with van der Waals surface area (Å²) in [5, 5.41) is 11.7. The lowest BCUT2D eigenvalue weighted by atomic mass is 10.1. The number of rotatable bonds is 2. The van der Waals surface area contributed by atoms with Crippen LogP contribution in [0.5, 0.6) is 0 Å². The second-order valence-electron chi connectivity index (χ2n) is 3.98. The van der Waals surface area contributed by atoms with Crippen LogP contribution in [0.25, 0.3) is 0 Å². The Hall–Kier alpha value is -1.93. The zero-order valence-electron chi connectivity index (χ0n) is 9.97. The molecule has 0 radical (unpaired) electrons. The highest BCUT2D eigenvalue weighted by Crippen LogP contribution is 2.28. The van der Waals surface area contributed by atoms with Gasteiger partial charge in [0.25, 0.3) is 0 Å². The summed E-state index contributed by atoms with van der Waals surface area (Å²) in [5.74, 6) is -1.36. The summed E-state index contributed by atoms with van der Waals surface area (Å²) in [7, 11) is 0. The summed E-state index contributed by atoms with van der Waals surface area (Å²) < 4.78 is 28.2. The molecule has 19 heavy (non-hydrogen) atoms. The van der Waals surface area contributed by atoms with E-state index < -0.39 is 11.6 Å². The molecular weight excluding hydrogens is 314 g/mol. The lowest BCUT2D eigenvalue weighted by Crippen LogP contribution is -2.01. The van der Waals surface area contributed by atoms with E-state index in [1.807, 2.05) is 6.07 Å². The molecule has 0 aliphatic carbocycles. The Labute approximate surface area is 117 Å². The van der Waals surface area contributed by atoms with Crippen LogP contribution in [0.3, 0.4) is 0 Å². The standard InChI is InChI=1S/C14H9BrF2N2/c1-8-2-4-11(16)14(13(8)17)19-12-5-3-10(15)6-9(12)7-18/h2-6,19H,1H3. The van der Waals surface area contributed by atoms with Gasteiger partial charge < -0.3 is 5.32 Å². The molecule has 96 valence electrons. The molecule has 0 saturated heterocycles. The van der Waals surface area contributed by atoms with Crippen molar-refractivity contribution in [3.05, 3.63) is 57.6 Å². The Morgan fingerprint density at radius 1 is 1.21 bits per heavy atom. The van der Waals surface area contributed by atoms with Gasteiger partial charge in [0.2, 0.25) is 0 Å². The van der Waals surface area contributed by atoms with Crippen molar-refractivity contribution in [3.8, 4) is 6.07 Å². The quantitative estimate of drug-likeness (QED) is 0.873. The zero-order valence-corrected chi connectivity index (χ0v) is 11.6. The molecule has 2 aromatic carbocycles. The van der Waals surface area contributed by atoms with E-state index in [-0.39, 0.29) is 5.69 Å². The van der Waals surface area contributed by atoms with Crippen molar-refractivity contribution in [2.45, 2.75) is 6.92 Å². The molecule has 0 amide bonds. The summed E-state index contributed by atoms with van der Waals surface area (Å²) in [6, 6.07) is 9.38. The summed E-state index contributed by atoms with van der Waals surface area (Å²) in [6.07, 6.45) is 0. The van der Waals surface area contributed by atoms with Crippen molar-refractivity contribution < 1.29 is 8.78 Å². The van der Waals surface area contributed by atoms with Crippen LogP contribution in [0.1, 0.15) is 11.1 Å². The number of hydrogen-bond donors (Lipinski definition) is 1. The first-order chi connectivity index (χ1) is 9.02. The molecule has 1 N–H and O–H groups in total. The second-order valence-corrected chi connectivity index (χ2v) is 4.90. The van der Waals surface area contributed by atoms with Gasteiger partial charge in [0, 0.05) is 4.47 Å². The van der Waals surface area contributed by atoms with E-state index in [2.05, 4.69) is 21.2 Å². The average Bonchev–Trinajstić information content (AvgIpc) is 2.40. The van der Waals surface area contributed by atoms with Crippen LogP contribution in [0.4, 0.5) is 20.2 Å². The van der Waals surface area contributed by atoms with Crippen LogP contribution < -0.4 is 5.32 Å². The van der Waals surface area contributed by atoms with E-state index >= 15 is 0 Å². The number of benzene rings is 2. The van der Waals surface area contributed by atoms with E-state index in [4.69, 9.17) is 5.26 Å². The highest BCUT2D eigenvalue weighted by molar-refractivity contribution is 9.10. The van der Waals surface area contributed by atoms with Gasteiger partial charge in [-0.2, -0.15) is 5.26 Å². The van der Waals surface area contributed by atoms with E-state index in [0.29, 0.717) is 16.8 Å². The van der Waals surface area contributed by atoms with Gasteiger partial charge >= 0.3 is 0 Å². The predicted molar refractivity (Wildman–Crippen MR) is 73.2 cm³/mol. The fourth-order valence-electron chi connectivity index (χ4n) is 1.62. The minimum absolute atomic E-state index is 0.251. The Kier molecular flexibility index (Phi) is 3.82. The lowest BCUT2D eigenvalue weighted by molar-refractivity contribution is 0.585. The van der Waals surface area contributed by atoms with Crippen LogP contribution in [0.15, 0.2) is 34.8 Å². The first-order valence-electron chi connectivity index (χ1n) is 5.44. The maximum absolute atomic E-state index is 13.9. The monoisotopic (exact) mass is 322 g/mol. The molecule has 0 aromatic heterocycles. The molecule has 0 fully saturated rings. The van der Waals surface area contributed by atoms with Crippen LogP contribution >= 0.6 is 15.9 Å².